The summed E-state index contributed by atoms with van der Waals surface area (Å²) in [6, 6.07) is 5.71. The fraction of sp³-hybridized carbons (Fsp3) is 0.462. The molecule has 0 bridgehead atoms. The van der Waals surface area contributed by atoms with E-state index in [0.29, 0.717) is 24.4 Å². The van der Waals surface area contributed by atoms with Gasteiger partial charge in [-0.25, -0.2) is 0 Å². The van der Waals surface area contributed by atoms with Crippen molar-refractivity contribution >= 4 is 17.3 Å². The van der Waals surface area contributed by atoms with E-state index in [1.807, 2.05) is 32.0 Å². The highest BCUT2D eigenvalue weighted by molar-refractivity contribution is 5.79. The molecule has 0 radical (unpaired) electrons. The number of amides is 1. The van der Waals surface area contributed by atoms with Gasteiger partial charge < -0.3 is 21.1 Å². The zero-order valence-electron chi connectivity index (χ0n) is 10.7. The second kappa shape index (κ2) is 5.16. The Morgan fingerprint density at radius 1 is 1.50 bits per heavy atom. The third kappa shape index (κ3) is 3.06. The maximum atomic E-state index is 11.1. The Hall–Kier alpha value is -1.91. The van der Waals surface area contributed by atoms with Crippen molar-refractivity contribution in [3.05, 3.63) is 18.2 Å². The quantitative estimate of drug-likeness (QED) is 0.704. The molecule has 1 aromatic rings. The van der Waals surface area contributed by atoms with Gasteiger partial charge in [-0.2, -0.15) is 0 Å². The lowest BCUT2D eigenvalue weighted by molar-refractivity contribution is -0.119. The molecular formula is C13H19N3O2. The van der Waals surface area contributed by atoms with Crippen LogP contribution in [0.3, 0.4) is 0 Å². The number of hydrogen-bond acceptors (Lipinski definition) is 4. The number of nitrogens with one attached hydrogen (secondary N) is 2. The number of anilines is 2. The molecule has 1 saturated heterocycles. The number of carbonyl (C=O) groups excluding carboxylic acids is 1. The molecular weight excluding hydrogens is 230 g/mol. The van der Waals surface area contributed by atoms with Gasteiger partial charge in [0, 0.05) is 24.7 Å². The van der Waals surface area contributed by atoms with Crippen LogP contribution in [0.15, 0.2) is 18.2 Å². The van der Waals surface area contributed by atoms with Crippen LogP contribution in [0.25, 0.3) is 0 Å². The number of hydrogen-bond donors (Lipinski definition) is 3. The molecule has 1 aromatic carbocycles. The summed E-state index contributed by atoms with van der Waals surface area (Å²) in [5, 5.41) is 6.08. The fourth-order valence-electron chi connectivity index (χ4n) is 1.92. The molecule has 1 fully saturated rings. The first kappa shape index (κ1) is 12.5. The highest BCUT2D eigenvalue weighted by Crippen LogP contribution is 2.27. The van der Waals surface area contributed by atoms with Crippen LogP contribution in [-0.2, 0) is 4.79 Å². The van der Waals surface area contributed by atoms with Crippen LogP contribution in [0, 0.1) is 0 Å². The van der Waals surface area contributed by atoms with Gasteiger partial charge in [0.15, 0.2) is 0 Å². The van der Waals surface area contributed by atoms with Gasteiger partial charge in [0.1, 0.15) is 5.75 Å². The Bertz CT molecular complexity index is 446. The lowest BCUT2D eigenvalue weighted by Gasteiger charge is -2.16. The molecule has 0 aromatic heterocycles. The second-order valence-corrected chi connectivity index (χ2v) is 4.77. The zero-order valence-corrected chi connectivity index (χ0v) is 10.7. The number of carbonyl (C=O) groups is 1. The van der Waals surface area contributed by atoms with Crippen molar-refractivity contribution in [1.82, 2.24) is 5.32 Å². The van der Waals surface area contributed by atoms with E-state index in [1.54, 1.807) is 0 Å². The van der Waals surface area contributed by atoms with Gasteiger partial charge in [-0.15, -0.1) is 0 Å². The van der Waals surface area contributed by atoms with Crippen LogP contribution in [0.4, 0.5) is 11.4 Å². The number of rotatable bonds is 4. The molecule has 5 heteroatoms. The minimum atomic E-state index is 0.0808. The maximum Gasteiger partial charge on any atom is 0.222 e. The van der Waals surface area contributed by atoms with Gasteiger partial charge in [0.05, 0.1) is 17.8 Å². The summed E-state index contributed by atoms with van der Waals surface area (Å²) in [7, 11) is 0. The lowest BCUT2D eigenvalue weighted by Crippen LogP contribution is -2.22. The Labute approximate surface area is 107 Å². The van der Waals surface area contributed by atoms with Crippen molar-refractivity contribution in [2.24, 2.45) is 0 Å². The Morgan fingerprint density at radius 2 is 2.28 bits per heavy atom. The van der Waals surface area contributed by atoms with Gasteiger partial charge in [-0.3, -0.25) is 4.79 Å². The van der Waals surface area contributed by atoms with Crippen molar-refractivity contribution in [3.63, 3.8) is 0 Å². The van der Waals surface area contributed by atoms with Gasteiger partial charge >= 0.3 is 0 Å². The first-order valence-electron chi connectivity index (χ1n) is 6.14. The molecule has 98 valence electrons. The molecule has 0 aliphatic carbocycles. The zero-order chi connectivity index (χ0) is 13.1. The Morgan fingerprint density at radius 3 is 2.89 bits per heavy atom. The van der Waals surface area contributed by atoms with Crippen LogP contribution < -0.4 is 21.1 Å². The minimum Gasteiger partial charge on any atom is -0.489 e. The topological polar surface area (TPSA) is 76.4 Å². The molecule has 1 amide bonds. The summed E-state index contributed by atoms with van der Waals surface area (Å²) < 4.78 is 5.62. The summed E-state index contributed by atoms with van der Waals surface area (Å²) in [6.45, 7) is 4.57. The van der Waals surface area contributed by atoms with Crippen molar-refractivity contribution in [2.75, 3.05) is 17.6 Å². The summed E-state index contributed by atoms with van der Waals surface area (Å²) in [5.74, 6) is 0.758. The highest BCUT2D eigenvalue weighted by Gasteiger charge is 2.21. The van der Waals surface area contributed by atoms with Gasteiger partial charge in [-0.05, 0) is 26.0 Å². The van der Waals surface area contributed by atoms with Crippen molar-refractivity contribution < 1.29 is 9.53 Å². The van der Waals surface area contributed by atoms with E-state index in [0.717, 1.165) is 5.69 Å². The smallest absolute Gasteiger partial charge is 0.222 e. The predicted octanol–water partition coefficient (Wildman–Crippen LogP) is 1.36. The number of nitrogens with two attached hydrogens (primary N) is 1. The molecule has 1 heterocycles. The maximum absolute atomic E-state index is 11.1. The summed E-state index contributed by atoms with van der Waals surface area (Å²) >= 11 is 0. The number of nitrogen functional groups attached to an aromatic ring is 1. The monoisotopic (exact) mass is 249 g/mol. The van der Waals surface area contributed by atoms with E-state index in [2.05, 4.69) is 10.6 Å². The van der Waals surface area contributed by atoms with E-state index >= 15 is 0 Å². The van der Waals surface area contributed by atoms with Crippen molar-refractivity contribution in [2.45, 2.75) is 32.4 Å². The fourth-order valence-corrected chi connectivity index (χ4v) is 1.92. The molecule has 1 aliphatic heterocycles. The third-order valence-corrected chi connectivity index (χ3v) is 2.72. The average Bonchev–Trinajstić information content (AvgIpc) is 2.68. The molecule has 1 atom stereocenters. The standard InChI is InChI=1S/C13H19N3O2/c1-8(2)18-12-5-9(3-4-11(12)14)16-10-6-13(17)15-7-10/h3-5,8,10,16H,6-7,14H2,1-2H3,(H,15,17). The van der Waals surface area contributed by atoms with Crippen LogP contribution in [0.1, 0.15) is 20.3 Å². The van der Waals surface area contributed by atoms with Crippen LogP contribution in [0.2, 0.25) is 0 Å². The van der Waals surface area contributed by atoms with Gasteiger partial charge in [0.2, 0.25) is 5.91 Å². The minimum absolute atomic E-state index is 0.0808. The molecule has 4 N–H and O–H groups in total. The summed E-state index contributed by atoms with van der Waals surface area (Å²) in [6.07, 6.45) is 0.586. The van der Waals surface area contributed by atoms with E-state index in [9.17, 15) is 4.79 Å². The van der Waals surface area contributed by atoms with E-state index in [4.69, 9.17) is 10.5 Å². The molecule has 1 aliphatic rings. The van der Waals surface area contributed by atoms with Crippen molar-refractivity contribution in [3.8, 4) is 5.75 Å². The first-order valence-corrected chi connectivity index (χ1v) is 6.14. The summed E-state index contributed by atoms with van der Waals surface area (Å²) in [5.41, 5.74) is 7.39. The second-order valence-electron chi connectivity index (χ2n) is 4.77. The van der Waals surface area contributed by atoms with Crippen LogP contribution >= 0.6 is 0 Å². The van der Waals surface area contributed by atoms with Crippen LogP contribution in [-0.4, -0.2) is 24.6 Å². The van der Waals surface area contributed by atoms with Crippen LogP contribution in [0.5, 0.6) is 5.75 Å². The Balaban J connectivity index is 2.06. The Kier molecular flexibility index (Phi) is 3.60. The SMILES string of the molecule is CC(C)Oc1cc(NC2CNC(=O)C2)ccc1N. The molecule has 1 unspecified atom stereocenters. The largest absolute Gasteiger partial charge is 0.489 e. The van der Waals surface area contributed by atoms with Crippen molar-refractivity contribution in [1.29, 1.82) is 0 Å². The predicted molar refractivity (Wildman–Crippen MR) is 71.7 cm³/mol. The number of ether oxygens (including phenoxy) is 1. The normalized spacial score (nSPS) is 18.8. The molecule has 5 nitrogen and oxygen atoms in total. The molecule has 18 heavy (non-hydrogen) atoms. The summed E-state index contributed by atoms with van der Waals surface area (Å²) in [4.78, 5) is 11.1. The highest BCUT2D eigenvalue weighted by atomic mass is 16.5. The molecule has 0 spiro atoms. The number of benzene rings is 1. The molecule has 0 saturated carbocycles. The first-order chi connectivity index (χ1) is 8.54. The molecule has 2 rings (SSSR count). The third-order valence-electron chi connectivity index (χ3n) is 2.72. The lowest BCUT2D eigenvalue weighted by atomic mass is 10.2. The van der Waals surface area contributed by atoms with E-state index < -0.39 is 0 Å². The van der Waals surface area contributed by atoms with E-state index in [-0.39, 0.29) is 18.1 Å². The van der Waals surface area contributed by atoms with Gasteiger partial charge in [0.25, 0.3) is 0 Å². The average molecular weight is 249 g/mol. The van der Waals surface area contributed by atoms with Gasteiger partial charge in [-0.1, -0.05) is 0 Å². The van der Waals surface area contributed by atoms with E-state index in [1.165, 1.54) is 0 Å².